The summed E-state index contributed by atoms with van der Waals surface area (Å²) in [4.78, 5) is 0. The Hall–Kier alpha value is -1.62. The van der Waals surface area contributed by atoms with E-state index in [0.717, 1.165) is 79.1 Å². The van der Waals surface area contributed by atoms with Crippen molar-refractivity contribution in [2.45, 2.75) is 146 Å². The first-order chi connectivity index (χ1) is 18.6. The SMILES string of the molecule is CC.CC.CC.CC(C)C.CC1CCC2=C(C1)OC1=C(CCCC1)C2(OC(C)O)C1=CC(C(N)O)CC=C=C1. The van der Waals surface area contributed by atoms with Crippen molar-refractivity contribution in [2.75, 3.05) is 0 Å². The molecule has 0 bridgehead atoms. The molecular formula is C34H61NO4. The Morgan fingerprint density at radius 3 is 2.08 bits per heavy atom. The van der Waals surface area contributed by atoms with Crippen LogP contribution < -0.4 is 5.73 Å². The van der Waals surface area contributed by atoms with Crippen molar-refractivity contribution >= 4 is 0 Å². The quantitative estimate of drug-likeness (QED) is 0.242. The number of rotatable bonds is 4. The van der Waals surface area contributed by atoms with E-state index in [4.69, 9.17) is 15.2 Å². The maximum atomic E-state index is 10.4. The Labute approximate surface area is 240 Å². The van der Waals surface area contributed by atoms with E-state index in [2.05, 4.69) is 33.4 Å². The van der Waals surface area contributed by atoms with Crippen LogP contribution >= 0.6 is 0 Å². The zero-order chi connectivity index (χ0) is 30.2. The highest BCUT2D eigenvalue weighted by Gasteiger charge is 2.51. The van der Waals surface area contributed by atoms with Gasteiger partial charge in [0, 0.05) is 29.9 Å². The molecule has 3 aliphatic carbocycles. The average molecular weight is 548 g/mol. The highest BCUT2D eigenvalue weighted by Crippen LogP contribution is 2.54. The topological polar surface area (TPSA) is 84.9 Å². The lowest BCUT2D eigenvalue weighted by Gasteiger charge is -2.48. The molecule has 0 amide bonds. The number of hydrogen-bond acceptors (Lipinski definition) is 5. The number of aliphatic hydroxyl groups is 2. The summed E-state index contributed by atoms with van der Waals surface area (Å²) in [6, 6.07) is 0. The molecular weight excluding hydrogens is 486 g/mol. The van der Waals surface area contributed by atoms with Gasteiger partial charge in [-0.05, 0) is 75.0 Å². The smallest absolute Gasteiger partial charge is 0.153 e. The van der Waals surface area contributed by atoms with Crippen LogP contribution in [-0.2, 0) is 9.47 Å². The molecule has 0 fully saturated rings. The van der Waals surface area contributed by atoms with Gasteiger partial charge in [-0.15, -0.1) is 5.73 Å². The minimum Gasteiger partial charge on any atom is -0.466 e. The molecule has 1 aliphatic heterocycles. The van der Waals surface area contributed by atoms with E-state index in [1.165, 1.54) is 0 Å². The second-order valence-electron chi connectivity index (χ2n) is 10.6. The van der Waals surface area contributed by atoms with Gasteiger partial charge in [-0.2, -0.15) is 0 Å². The number of nitrogens with two attached hydrogens (primary N) is 1. The van der Waals surface area contributed by atoms with Gasteiger partial charge in [-0.1, -0.05) is 75.3 Å². The van der Waals surface area contributed by atoms with Gasteiger partial charge in [0.2, 0.25) is 0 Å². The van der Waals surface area contributed by atoms with E-state index in [9.17, 15) is 10.2 Å². The van der Waals surface area contributed by atoms with Gasteiger partial charge >= 0.3 is 0 Å². The van der Waals surface area contributed by atoms with Crippen molar-refractivity contribution < 1.29 is 19.7 Å². The molecule has 39 heavy (non-hydrogen) atoms. The first-order valence-corrected chi connectivity index (χ1v) is 15.7. The number of aliphatic hydroxyl groups excluding tert-OH is 2. The van der Waals surface area contributed by atoms with Gasteiger partial charge in [0.15, 0.2) is 6.29 Å². The van der Waals surface area contributed by atoms with E-state index < -0.39 is 18.1 Å². The Kier molecular flexibility index (Phi) is 18.6. The van der Waals surface area contributed by atoms with Crippen molar-refractivity contribution in [3.8, 4) is 0 Å². The summed E-state index contributed by atoms with van der Waals surface area (Å²) in [7, 11) is 0. The standard InChI is InChI=1S/C24H33NO4.C4H10.3C2H6/c1-15-11-12-20-22(13-15)28-21-10-6-5-9-19(21)24(20,29-16(2)26)18-8-4-3-7-17(14-18)23(25)27;1-4(2)3;3*1-2/h3,8,14-17,23,26-27H,5-7,9-13,25H2,1-2H3;4H,1-3H3;3*1-2H3. The highest BCUT2D eigenvalue weighted by molar-refractivity contribution is 5.55. The Balaban J connectivity index is 0.00000128. The predicted octanol–water partition coefficient (Wildman–Crippen LogP) is 8.69. The molecule has 0 radical (unpaired) electrons. The van der Waals surface area contributed by atoms with Gasteiger partial charge in [-0.3, -0.25) is 0 Å². The number of hydrogen-bond donors (Lipinski definition) is 3. The lowest BCUT2D eigenvalue weighted by atomic mass is 9.68. The second kappa shape index (κ2) is 19.5. The molecule has 4 rings (SSSR count). The lowest BCUT2D eigenvalue weighted by molar-refractivity contribution is -0.139. The molecule has 0 aromatic rings. The summed E-state index contributed by atoms with van der Waals surface area (Å²) in [6.45, 7) is 22.4. The largest absolute Gasteiger partial charge is 0.466 e. The third kappa shape index (κ3) is 10.4. The lowest BCUT2D eigenvalue weighted by Crippen LogP contribution is -2.47. The zero-order valence-corrected chi connectivity index (χ0v) is 27.1. The van der Waals surface area contributed by atoms with Gasteiger partial charge in [-0.25, -0.2) is 0 Å². The minimum absolute atomic E-state index is 0.229. The molecule has 5 atom stereocenters. The van der Waals surface area contributed by atoms with Gasteiger partial charge in [0.1, 0.15) is 23.3 Å². The minimum atomic E-state index is -0.961. The fourth-order valence-corrected chi connectivity index (χ4v) is 5.21. The van der Waals surface area contributed by atoms with Crippen LogP contribution in [0.1, 0.15) is 128 Å². The molecule has 5 unspecified atom stereocenters. The molecule has 5 heteroatoms. The predicted molar refractivity (Wildman–Crippen MR) is 166 cm³/mol. The summed E-state index contributed by atoms with van der Waals surface area (Å²) in [5, 5.41) is 20.5. The molecule has 226 valence electrons. The van der Waals surface area contributed by atoms with Gasteiger partial charge < -0.3 is 25.4 Å². The number of ether oxygens (including phenoxy) is 2. The maximum absolute atomic E-state index is 10.4. The summed E-state index contributed by atoms with van der Waals surface area (Å²) in [6.07, 6.45) is 11.3. The van der Waals surface area contributed by atoms with Crippen LogP contribution in [0.2, 0.25) is 0 Å². The molecule has 1 heterocycles. The van der Waals surface area contributed by atoms with E-state index in [1.54, 1.807) is 6.92 Å². The first-order valence-electron chi connectivity index (χ1n) is 15.7. The van der Waals surface area contributed by atoms with Crippen LogP contribution in [0.25, 0.3) is 0 Å². The summed E-state index contributed by atoms with van der Waals surface area (Å²) < 4.78 is 12.9. The third-order valence-corrected chi connectivity index (χ3v) is 6.60. The van der Waals surface area contributed by atoms with E-state index in [0.29, 0.717) is 12.3 Å². The molecule has 4 aliphatic rings. The second-order valence-corrected chi connectivity index (χ2v) is 10.6. The maximum Gasteiger partial charge on any atom is 0.153 e. The normalized spacial score (nSPS) is 26.7. The fraction of sp³-hybridized carbons (Fsp3) is 0.735. The van der Waals surface area contributed by atoms with Gasteiger partial charge in [0.25, 0.3) is 0 Å². The van der Waals surface area contributed by atoms with Crippen LogP contribution in [0.4, 0.5) is 0 Å². The average Bonchev–Trinajstić information content (AvgIpc) is 3.18. The first kappa shape index (κ1) is 37.4. The summed E-state index contributed by atoms with van der Waals surface area (Å²) >= 11 is 0. The molecule has 0 aromatic heterocycles. The van der Waals surface area contributed by atoms with E-state index >= 15 is 0 Å². The van der Waals surface area contributed by atoms with Crippen LogP contribution in [0.5, 0.6) is 0 Å². The zero-order valence-electron chi connectivity index (χ0n) is 27.1. The third-order valence-electron chi connectivity index (χ3n) is 6.60. The van der Waals surface area contributed by atoms with Crippen molar-refractivity contribution in [1.82, 2.24) is 0 Å². The molecule has 5 nitrogen and oxygen atoms in total. The number of allylic oxidation sites excluding steroid dienone is 2. The van der Waals surface area contributed by atoms with Crippen molar-refractivity contribution in [1.29, 1.82) is 0 Å². The van der Waals surface area contributed by atoms with E-state index in [-0.39, 0.29) is 5.92 Å². The fourth-order valence-electron chi connectivity index (χ4n) is 5.21. The van der Waals surface area contributed by atoms with Gasteiger partial charge in [0.05, 0.1) is 0 Å². The van der Waals surface area contributed by atoms with E-state index in [1.807, 2.05) is 59.8 Å². The Morgan fingerprint density at radius 2 is 1.51 bits per heavy atom. The van der Waals surface area contributed by atoms with Crippen LogP contribution in [0, 0.1) is 17.8 Å². The summed E-state index contributed by atoms with van der Waals surface area (Å²) in [5.74, 6) is 3.16. The Morgan fingerprint density at radius 1 is 0.949 bits per heavy atom. The molecule has 0 saturated heterocycles. The van der Waals surface area contributed by atoms with Crippen LogP contribution in [-0.4, -0.2) is 28.3 Å². The Bertz CT molecular complexity index is 856. The molecule has 0 aromatic carbocycles. The van der Waals surface area contributed by atoms with Crippen LogP contribution in [0.15, 0.2) is 52.2 Å². The molecule has 0 saturated carbocycles. The van der Waals surface area contributed by atoms with Crippen molar-refractivity contribution in [3.05, 3.63) is 52.2 Å². The van der Waals surface area contributed by atoms with Crippen molar-refractivity contribution in [2.24, 2.45) is 23.5 Å². The van der Waals surface area contributed by atoms with Crippen LogP contribution in [0.3, 0.4) is 0 Å². The van der Waals surface area contributed by atoms with Crippen molar-refractivity contribution in [3.63, 3.8) is 0 Å². The summed E-state index contributed by atoms with van der Waals surface area (Å²) in [5.41, 5.74) is 11.4. The monoisotopic (exact) mass is 547 g/mol. The highest BCUT2D eigenvalue weighted by atomic mass is 16.6. The molecule has 4 N–H and O–H groups in total. The molecule has 0 spiro atoms.